The van der Waals surface area contributed by atoms with Crippen molar-refractivity contribution in [2.24, 2.45) is 0 Å². The molecule has 0 saturated heterocycles. The molecule has 0 aromatic carbocycles. The number of hydrogen-bond donors (Lipinski definition) is 6. The van der Waals surface area contributed by atoms with E-state index in [0.29, 0.717) is 6.42 Å². The topological polar surface area (TPSA) is 135 Å². The van der Waals surface area contributed by atoms with Crippen molar-refractivity contribution in [3.05, 3.63) is 12.2 Å². The van der Waals surface area contributed by atoms with Gasteiger partial charge in [-0.25, -0.2) is 4.90 Å². The Labute approximate surface area is 206 Å². The minimum Gasteiger partial charge on any atom is -0.463 e. The van der Waals surface area contributed by atoms with Gasteiger partial charge in [0.15, 0.2) is 0 Å². The first-order valence-corrected chi connectivity index (χ1v) is 13.1. The van der Waals surface area contributed by atoms with Gasteiger partial charge in [0.2, 0.25) is 0 Å². The molecular formula is C25H51N3O6. The van der Waals surface area contributed by atoms with Crippen LogP contribution in [0.25, 0.3) is 0 Å². The average Bonchev–Trinajstić information content (AvgIpc) is 2.83. The van der Waals surface area contributed by atoms with E-state index in [2.05, 4.69) is 29.7 Å². The molecular weight excluding hydrogens is 438 g/mol. The first kappa shape index (κ1) is 32.9. The summed E-state index contributed by atoms with van der Waals surface area (Å²) in [6, 6.07) is 0. The standard InChI is InChI=1S/C25H51N3O6/c1-2-3-4-5-6-7-8-9-10-11-12-13-14-15-16-17-24(33)34-19-23(32)18-28(22-31)25(26-20-29)27-21-30/h9-10,23,25-27,29-32H,2-8,11-22H2,1H3/b10-9-. The van der Waals surface area contributed by atoms with Crippen molar-refractivity contribution in [1.29, 1.82) is 0 Å². The van der Waals surface area contributed by atoms with Crippen molar-refractivity contribution < 1.29 is 30.0 Å². The van der Waals surface area contributed by atoms with Crippen LogP contribution < -0.4 is 10.6 Å². The molecule has 0 saturated carbocycles. The number of allylic oxidation sites excluding steroid dienone is 2. The second kappa shape index (κ2) is 25.0. The Morgan fingerprint density at radius 3 is 1.91 bits per heavy atom. The first-order chi connectivity index (χ1) is 16.6. The third-order valence-electron chi connectivity index (χ3n) is 5.64. The highest BCUT2D eigenvalue weighted by Gasteiger charge is 2.20. The Bertz CT molecular complexity index is 476. The maximum Gasteiger partial charge on any atom is 0.305 e. The molecule has 9 nitrogen and oxygen atoms in total. The predicted molar refractivity (Wildman–Crippen MR) is 134 cm³/mol. The third kappa shape index (κ3) is 20.3. The fourth-order valence-corrected chi connectivity index (χ4v) is 3.67. The summed E-state index contributed by atoms with van der Waals surface area (Å²) in [5.74, 6) is -0.342. The van der Waals surface area contributed by atoms with E-state index in [4.69, 9.17) is 14.9 Å². The summed E-state index contributed by atoms with van der Waals surface area (Å²) in [7, 11) is 0. The summed E-state index contributed by atoms with van der Waals surface area (Å²) in [5, 5.41) is 42.7. The number of ether oxygens (including phenoxy) is 1. The number of aliphatic hydroxyl groups excluding tert-OH is 4. The fraction of sp³-hybridized carbons (Fsp3) is 0.880. The molecule has 0 heterocycles. The molecule has 1 unspecified atom stereocenters. The third-order valence-corrected chi connectivity index (χ3v) is 5.64. The lowest BCUT2D eigenvalue weighted by molar-refractivity contribution is -0.147. The summed E-state index contributed by atoms with van der Waals surface area (Å²) >= 11 is 0. The van der Waals surface area contributed by atoms with Crippen molar-refractivity contribution in [3.8, 4) is 0 Å². The Morgan fingerprint density at radius 1 is 0.853 bits per heavy atom. The van der Waals surface area contributed by atoms with Crippen molar-refractivity contribution >= 4 is 5.97 Å². The summed E-state index contributed by atoms with van der Waals surface area (Å²) in [6.07, 6.45) is 18.8. The van der Waals surface area contributed by atoms with E-state index in [1.807, 2.05) is 0 Å². The van der Waals surface area contributed by atoms with Crippen molar-refractivity contribution in [2.75, 3.05) is 33.3 Å². The number of carbonyl (C=O) groups excluding carboxylic acids is 1. The predicted octanol–water partition coefficient (Wildman–Crippen LogP) is 2.54. The highest BCUT2D eigenvalue weighted by molar-refractivity contribution is 5.69. The Balaban J connectivity index is 3.68. The Morgan fingerprint density at radius 2 is 1.38 bits per heavy atom. The zero-order valence-electron chi connectivity index (χ0n) is 21.3. The average molecular weight is 490 g/mol. The number of hydrogen-bond acceptors (Lipinski definition) is 9. The molecule has 0 fully saturated rings. The number of aliphatic hydroxyl groups is 4. The van der Waals surface area contributed by atoms with Crippen LogP contribution in [0.3, 0.4) is 0 Å². The van der Waals surface area contributed by atoms with Gasteiger partial charge >= 0.3 is 5.97 Å². The fourth-order valence-electron chi connectivity index (χ4n) is 3.67. The van der Waals surface area contributed by atoms with Gasteiger partial charge in [-0.2, -0.15) is 0 Å². The van der Waals surface area contributed by atoms with Gasteiger partial charge in [0.05, 0.1) is 20.2 Å². The zero-order valence-corrected chi connectivity index (χ0v) is 21.3. The van der Waals surface area contributed by atoms with Crippen molar-refractivity contribution in [2.45, 2.75) is 109 Å². The van der Waals surface area contributed by atoms with E-state index in [9.17, 15) is 15.0 Å². The van der Waals surface area contributed by atoms with Gasteiger partial charge in [0, 0.05) is 13.0 Å². The monoisotopic (exact) mass is 489 g/mol. The van der Waals surface area contributed by atoms with E-state index < -0.39 is 19.1 Å². The molecule has 0 aliphatic carbocycles. The molecule has 202 valence electrons. The molecule has 34 heavy (non-hydrogen) atoms. The largest absolute Gasteiger partial charge is 0.463 e. The second-order valence-electron chi connectivity index (χ2n) is 8.71. The maximum absolute atomic E-state index is 11.9. The van der Waals surface area contributed by atoms with Crippen molar-refractivity contribution in [3.63, 3.8) is 0 Å². The van der Waals surface area contributed by atoms with Crippen molar-refractivity contribution in [1.82, 2.24) is 15.5 Å². The van der Waals surface area contributed by atoms with E-state index in [1.54, 1.807) is 0 Å². The van der Waals surface area contributed by atoms with Crippen LogP contribution in [0.15, 0.2) is 12.2 Å². The van der Waals surface area contributed by atoms with Gasteiger partial charge in [0.25, 0.3) is 0 Å². The van der Waals surface area contributed by atoms with Crippen LogP contribution in [0, 0.1) is 0 Å². The summed E-state index contributed by atoms with van der Waals surface area (Å²) < 4.78 is 5.12. The Hall–Kier alpha value is -1.07. The molecule has 0 aromatic rings. The lowest BCUT2D eigenvalue weighted by Gasteiger charge is -2.31. The van der Waals surface area contributed by atoms with Crippen LogP contribution in [0.1, 0.15) is 96.8 Å². The molecule has 0 spiro atoms. The summed E-state index contributed by atoms with van der Waals surface area (Å²) in [5.41, 5.74) is 0. The summed E-state index contributed by atoms with van der Waals surface area (Å²) in [6.45, 7) is 0.873. The van der Waals surface area contributed by atoms with Gasteiger partial charge < -0.3 is 25.2 Å². The highest BCUT2D eigenvalue weighted by atomic mass is 16.5. The van der Waals surface area contributed by atoms with Gasteiger partial charge in [0.1, 0.15) is 19.0 Å². The number of nitrogens with zero attached hydrogens (tertiary/aromatic N) is 1. The van der Waals surface area contributed by atoms with Crippen LogP contribution >= 0.6 is 0 Å². The first-order valence-electron chi connectivity index (χ1n) is 13.1. The molecule has 6 N–H and O–H groups in total. The molecule has 0 aromatic heterocycles. The normalized spacial score (nSPS) is 12.8. The molecule has 0 aliphatic rings. The summed E-state index contributed by atoms with van der Waals surface area (Å²) in [4.78, 5) is 13.2. The van der Waals surface area contributed by atoms with Crippen LogP contribution in [-0.4, -0.2) is 77.0 Å². The minimum absolute atomic E-state index is 0.0121. The highest BCUT2D eigenvalue weighted by Crippen LogP contribution is 2.10. The van der Waals surface area contributed by atoms with E-state index in [0.717, 1.165) is 32.1 Å². The van der Waals surface area contributed by atoms with Gasteiger partial charge in [-0.05, 0) is 32.1 Å². The number of carbonyl (C=O) groups is 1. The number of nitrogens with one attached hydrogen (secondary N) is 2. The van der Waals surface area contributed by atoms with Crippen LogP contribution in [0.4, 0.5) is 0 Å². The van der Waals surface area contributed by atoms with Gasteiger partial charge in [-0.15, -0.1) is 0 Å². The lowest BCUT2D eigenvalue weighted by atomic mass is 10.1. The molecule has 1 atom stereocenters. The minimum atomic E-state index is -1.01. The number of esters is 1. The molecule has 0 radical (unpaired) electrons. The molecule has 0 amide bonds. The second-order valence-corrected chi connectivity index (χ2v) is 8.71. The molecule has 0 aliphatic heterocycles. The van der Waals surface area contributed by atoms with Crippen LogP contribution in [-0.2, 0) is 9.53 Å². The van der Waals surface area contributed by atoms with E-state index in [-0.39, 0.29) is 32.6 Å². The smallest absolute Gasteiger partial charge is 0.305 e. The van der Waals surface area contributed by atoms with Crippen LogP contribution in [0.2, 0.25) is 0 Å². The van der Waals surface area contributed by atoms with E-state index >= 15 is 0 Å². The van der Waals surface area contributed by atoms with Crippen LogP contribution in [0.5, 0.6) is 0 Å². The van der Waals surface area contributed by atoms with Gasteiger partial charge in [-0.1, -0.05) is 70.4 Å². The molecule has 9 heteroatoms. The maximum atomic E-state index is 11.9. The van der Waals surface area contributed by atoms with Gasteiger partial charge in [-0.3, -0.25) is 15.4 Å². The number of unbranched alkanes of at least 4 members (excludes halogenated alkanes) is 11. The lowest BCUT2D eigenvalue weighted by Crippen LogP contribution is -2.57. The van der Waals surface area contributed by atoms with E-state index in [1.165, 1.54) is 56.3 Å². The Kier molecular flexibility index (Phi) is 24.2. The molecule has 0 bridgehead atoms. The SMILES string of the molecule is CCCCCCCC/C=C\CCCCCCCC(=O)OCC(O)CN(CO)C(NCO)NCO. The zero-order chi connectivity index (χ0) is 25.3. The quantitative estimate of drug-likeness (QED) is 0.0495. The number of rotatable bonds is 25. The molecule has 0 rings (SSSR count).